The SMILES string of the molecule is CC(C)CCN(C)[C@@H](C)COc1ccc([C@H]2CSc3cc(O)ccc3O2)cc1.Oc1ccccc1. The lowest BCUT2D eigenvalue weighted by Gasteiger charge is -2.26. The molecule has 35 heavy (non-hydrogen) atoms. The molecular formula is C29H37NO4S. The van der Waals surface area contributed by atoms with Crippen LogP contribution >= 0.6 is 11.8 Å². The molecule has 1 aliphatic heterocycles. The van der Waals surface area contributed by atoms with E-state index >= 15 is 0 Å². The van der Waals surface area contributed by atoms with E-state index in [-0.39, 0.29) is 11.9 Å². The quantitative estimate of drug-likeness (QED) is 0.360. The second-order valence-electron chi connectivity index (χ2n) is 9.28. The van der Waals surface area contributed by atoms with Crippen LogP contribution in [-0.2, 0) is 0 Å². The van der Waals surface area contributed by atoms with Crippen molar-refractivity contribution in [3.63, 3.8) is 0 Å². The van der Waals surface area contributed by atoms with E-state index in [0.29, 0.717) is 18.4 Å². The van der Waals surface area contributed by atoms with E-state index in [1.807, 2.05) is 24.3 Å². The highest BCUT2D eigenvalue weighted by Gasteiger charge is 2.22. The maximum atomic E-state index is 9.59. The Balaban J connectivity index is 0.000000420. The summed E-state index contributed by atoms with van der Waals surface area (Å²) in [5.74, 6) is 3.87. The Kier molecular flexibility index (Phi) is 10.2. The summed E-state index contributed by atoms with van der Waals surface area (Å²) >= 11 is 1.71. The molecule has 3 aromatic rings. The van der Waals surface area contributed by atoms with Gasteiger partial charge in [-0.2, -0.15) is 0 Å². The molecule has 0 saturated carbocycles. The number of nitrogens with zero attached hydrogens (tertiary/aromatic N) is 1. The molecule has 0 fully saturated rings. The van der Waals surface area contributed by atoms with Gasteiger partial charge < -0.3 is 24.6 Å². The van der Waals surface area contributed by atoms with Crippen LogP contribution in [0, 0.1) is 5.92 Å². The van der Waals surface area contributed by atoms with Crippen LogP contribution in [-0.4, -0.2) is 47.1 Å². The fraction of sp³-hybridized carbons (Fsp3) is 0.379. The van der Waals surface area contributed by atoms with Crippen molar-refractivity contribution in [2.75, 3.05) is 26.0 Å². The van der Waals surface area contributed by atoms with E-state index in [4.69, 9.17) is 14.6 Å². The van der Waals surface area contributed by atoms with E-state index < -0.39 is 0 Å². The number of thioether (sulfide) groups is 1. The van der Waals surface area contributed by atoms with Gasteiger partial charge in [-0.25, -0.2) is 0 Å². The van der Waals surface area contributed by atoms with Crippen molar-refractivity contribution in [2.24, 2.45) is 5.92 Å². The third-order valence-electron chi connectivity index (χ3n) is 5.90. The van der Waals surface area contributed by atoms with E-state index in [9.17, 15) is 5.11 Å². The number of hydrogen-bond donors (Lipinski definition) is 2. The number of phenols is 2. The molecule has 0 bridgehead atoms. The van der Waals surface area contributed by atoms with Crippen LogP contribution in [0.25, 0.3) is 0 Å². The van der Waals surface area contributed by atoms with Crippen molar-refractivity contribution in [1.82, 2.24) is 4.90 Å². The second-order valence-corrected chi connectivity index (χ2v) is 10.3. The van der Waals surface area contributed by atoms with Gasteiger partial charge in [0, 0.05) is 11.8 Å². The number of ether oxygens (including phenoxy) is 2. The van der Waals surface area contributed by atoms with Crippen molar-refractivity contribution < 1.29 is 19.7 Å². The zero-order chi connectivity index (χ0) is 25.2. The first-order chi connectivity index (χ1) is 16.8. The Morgan fingerprint density at radius 1 is 0.971 bits per heavy atom. The molecular weight excluding hydrogens is 458 g/mol. The van der Waals surface area contributed by atoms with Gasteiger partial charge in [0.15, 0.2) is 0 Å². The maximum Gasteiger partial charge on any atom is 0.134 e. The molecule has 1 aliphatic rings. The fourth-order valence-corrected chi connectivity index (χ4v) is 4.51. The zero-order valence-corrected chi connectivity index (χ0v) is 21.9. The number of likely N-dealkylation sites (N-methyl/N-ethyl adjacent to an activating group) is 1. The minimum atomic E-state index is 0.0113. The minimum Gasteiger partial charge on any atom is -0.508 e. The smallest absolute Gasteiger partial charge is 0.134 e. The number of benzene rings is 3. The monoisotopic (exact) mass is 495 g/mol. The first kappa shape index (κ1) is 26.8. The van der Waals surface area contributed by atoms with Gasteiger partial charge in [0.25, 0.3) is 0 Å². The van der Waals surface area contributed by atoms with Gasteiger partial charge in [-0.05, 0) is 80.9 Å². The molecule has 188 valence electrons. The predicted octanol–water partition coefficient (Wildman–Crippen LogP) is 6.76. The average Bonchev–Trinajstić information content (AvgIpc) is 2.86. The van der Waals surface area contributed by atoms with Crippen LogP contribution in [0.15, 0.2) is 77.7 Å². The molecule has 6 heteroatoms. The van der Waals surface area contributed by atoms with Crippen molar-refractivity contribution in [3.8, 4) is 23.0 Å². The summed E-state index contributed by atoms with van der Waals surface area (Å²) in [6.07, 6.45) is 1.22. The fourth-order valence-electron chi connectivity index (χ4n) is 3.46. The maximum absolute atomic E-state index is 9.59. The van der Waals surface area contributed by atoms with E-state index in [1.54, 1.807) is 48.2 Å². The number of fused-ring (bicyclic) bond motifs is 1. The summed E-state index contributed by atoms with van der Waals surface area (Å²) in [4.78, 5) is 3.35. The molecule has 0 amide bonds. The van der Waals surface area contributed by atoms with Crippen LogP contribution in [0.1, 0.15) is 38.9 Å². The number of aromatic hydroxyl groups is 2. The van der Waals surface area contributed by atoms with Gasteiger partial charge in [-0.15, -0.1) is 11.8 Å². The summed E-state index contributed by atoms with van der Waals surface area (Å²) in [6, 6.07) is 22.6. The average molecular weight is 496 g/mol. The Hall–Kier alpha value is -2.83. The summed E-state index contributed by atoms with van der Waals surface area (Å²) < 4.78 is 12.1. The summed E-state index contributed by atoms with van der Waals surface area (Å²) in [5.41, 5.74) is 1.14. The van der Waals surface area contributed by atoms with E-state index in [2.05, 4.69) is 44.9 Å². The van der Waals surface area contributed by atoms with Crippen molar-refractivity contribution in [3.05, 3.63) is 78.4 Å². The summed E-state index contributed by atoms with van der Waals surface area (Å²) in [5, 5.41) is 18.2. The number of rotatable bonds is 8. The molecule has 0 radical (unpaired) electrons. The minimum absolute atomic E-state index is 0.0113. The highest BCUT2D eigenvalue weighted by atomic mass is 32.2. The lowest BCUT2D eigenvalue weighted by atomic mass is 10.1. The van der Waals surface area contributed by atoms with Crippen molar-refractivity contribution in [1.29, 1.82) is 0 Å². The molecule has 0 aromatic heterocycles. The van der Waals surface area contributed by atoms with Gasteiger partial charge in [-0.3, -0.25) is 0 Å². The highest BCUT2D eigenvalue weighted by Crippen LogP contribution is 2.42. The zero-order valence-electron chi connectivity index (χ0n) is 21.1. The lowest BCUT2D eigenvalue weighted by molar-refractivity contribution is 0.167. The molecule has 4 rings (SSSR count). The molecule has 0 spiro atoms. The van der Waals surface area contributed by atoms with Gasteiger partial charge in [-0.1, -0.05) is 44.2 Å². The Bertz CT molecular complexity index is 1030. The first-order valence-corrected chi connectivity index (χ1v) is 13.1. The van der Waals surface area contributed by atoms with Gasteiger partial charge in [0.1, 0.15) is 35.7 Å². The Morgan fingerprint density at radius 3 is 2.31 bits per heavy atom. The molecule has 0 unspecified atom stereocenters. The topological polar surface area (TPSA) is 62.2 Å². The van der Waals surface area contributed by atoms with Crippen LogP contribution in [0.5, 0.6) is 23.0 Å². The van der Waals surface area contributed by atoms with Gasteiger partial charge >= 0.3 is 0 Å². The van der Waals surface area contributed by atoms with E-state index in [0.717, 1.165) is 40.2 Å². The lowest BCUT2D eigenvalue weighted by Crippen LogP contribution is -2.35. The van der Waals surface area contributed by atoms with Gasteiger partial charge in [0.2, 0.25) is 0 Å². The van der Waals surface area contributed by atoms with Gasteiger partial charge in [0.05, 0.1) is 4.90 Å². The predicted molar refractivity (Wildman–Crippen MR) is 144 cm³/mol. The number of para-hydroxylation sites is 1. The molecule has 2 N–H and O–H groups in total. The van der Waals surface area contributed by atoms with Crippen LogP contribution in [0.2, 0.25) is 0 Å². The largest absolute Gasteiger partial charge is 0.508 e. The summed E-state index contributed by atoms with van der Waals surface area (Å²) in [7, 11) is 2.16. The first-order valence-electron chi connectivity index (χ1n) is 12.1. The Morgan fingerprint density at radius 2 is 1.69 bits per heavy atom. The van der Waals surface area contributed by atoms with E-state index in [1.165, 1.54) is 6.42 Å². The van der Waals surface area contributed by atoms with Crippen molar-refractivity contribution >= 4 is 11.8 Å². The standard InChI is InChI=1S/C23H31NO3S.C6H6O/c1-16(2)11-12-24(4)17(3)14-26-20-8-5-18(6-9-20)22-15-28-23-13-19(25)7-10-21(23)27-22;7-6-4-2-1-3-5-6/h5-10,13,16-17,22,25H,11-12,14-15H2,1-4H3;1-5,7H/t17-,22+;/m0./s1. The normalized spacial score (nSPS) is 15.5. The van der Waals surface area contributed by atoms with Crippen LogP contribution in [0.3, 0.4) is 0 Å². The molecule has 2 atom stereocenters. The third kappa shape index (κ3) is 8.71. The molecule has 0 aliphatic carbocycles. The molecule has 0 saturated heterocycles. The number of hydrogen-bond acceptors (Lipinski definition) is 6. The molecule has 1 heterocycles. The molecule has 3 aromatic carbocycles. The second kappa shape index (κ2) is 13.3. The molecule has 5 nitrogen and oxygen atoms in total. The third-order valence-corrected chi connectivity index (χ3v) is 7.00. The van der Waals surface area contributed by atoms with Crippen molar-refractivity contribution in [2.45, 2.75) is 44.2 Å². The van der Waals surface area contributed by atoms with Crippen LogP contribution < -0.4 is 9.47 Å². The number of phenolic OH excluding ortho intramolecular Hbond substituents is 2. The summed E-state index contributed by atoms with van der Waals surface area (Å²) in [6.45, 7) is 8.50. The Labute approximate surface area is 213 Å². The van der Waals surface area contributed by atoms with Crippen LogP contribution in [0.4, 0.5) is 0 Å². The highest BCUT2D eigenvalue weighted by molar-refractivity contribution is 7.99.